The van der Waals surface area contributed by atoms with Crippen molar-refractivity contribution in [2.24, 2.45) is 17.8 Å². The second kappa shape index (κ2) is 9.51. The number of carbonyl (C=O) groups excluding carboxylic acids is 1. The fourth-order valence-corrected chi connectivity index (χ4v) is 4.32. The van der Waals surface area contributed by atoms with E-state index in [4.69, 9.17) is 0 Å². The van der Waals surface area contributed by atoms with Crippen molar-refractivity contribution >= 4 is 6.03 Å². The molecule has 0 spiro atoms. The standard InChI is InChI=1S/C19H37N3O/c1-4-18-8-7-11-22(15-18)19(23)20-9-5-6-10-21-13-16(2)12-17(3)14-21/h16-18H,4-15H2,1-3H3,(H,20,23). The third kappa shape index (κ3) is 6.33. The lowest BCUT2D eigenvalue weighted by molar-refractivity contribution is 0.138. The number of carbonyl (C=O) groups is 1. The van der Waals surface area contributed by atoms with Crippen molar-refractivity contribution in [3.8, 4) is 0 Å². The Labute approximate surface area is 143 Å². The Morgan fingerprint density at radius 2 is 1.87 bits per heavy atom. The first-order valence-corrected chi connectivity index (χ1v) is 9.83. The number of piperidine rings is 2. The summed E-state index contributed by atoms with van der Waals surface area (Å²) in [6.45, 7) is 13.4. The SMILES string of the molecule is CCC1CCCN(C(=O)NCCCCN2CC(C)CC(C)C2)C1. The number of nitrogens with zero attached hydrogens (tertiary/aromatic N) is 2. The van der Waals surface area contributed by atoms with Crippen LogP contribution in [-0.2, 0) is 0 Å². The molecule has 0 bridgehead atoms. The Kier molecular flexibility index (Phi) is 7.68. The van der Waals surface area contributed by atoms with Crippen molar-refractivity contribution in [3.63, 3.8) is 0 Å². The number of rotatable bonds is 6. The third-order valence-electron chi connectivity index (χ3n) is 5.51. The molecule has 2 heterocycles. The molecule has 0 aromatic rings. The van der Waals surface area contributed by atoms with Gasteiger partial charge in [0.2, 0.25) is 0 Å². The molecule has 2 rings (SSSR count). The van der Waals surface area contributed by atoms with Gasteiger partial charge < -0.3 is 15.1 Å². The highest BCUT2D eigenvalue weighted by molar-refractivity contribution is 5.74. The first-order chi connectivity index (χ1) is 11.1. The Balaban J connectivity index is 1.55. The van der Waals surface area contributed by atoms with Gasteiger partial charge in [0.05, 0.1) is 0 Å². The van der Waals surface area contributed by atoms with Gasteiger partial charge in [-0.15, -0.1) is 0 Å². The Hall–Kier alpha value is -0.770. The fourth-order valence-electron chi connectivity index (χ4n) is 4.32. The largest absolute Gasteiger partial charge is 0.338 e. The van der Waals surface area contributed by atoms with E-state index in [1.54, 1.807) is 0 Å². The maximum atomic E-state index is 12.2. The minimum atomic E-state index is 0.156. The smallest absolute Gasteiger partial charge is 0.317 e. The van der Waals surface area contributed by atoms with E-state index in [1.165, 1.54) is 45.3 Å². The molecule has 4 heteroatoms. The minimum Gasteiger partial charge on any atom is -0.338 e. The predicted octanol–water partition coefficient (Wildman–Crippen LogP) is 3.58. The van der Waals surface area contributed by atoms with Crippen molar-refractivity contribution in [2.75, 3.05) is 39.3 Å². The van der Waals surface area contributed by atoms with Crippen LogP contribution in [-0.4, -0.2) is 55.1 Å². The number of unbranched alkanes of at least 4 members (excludes halogenated alkanes) is 1. The van der Waals surface area contributed by atoms with Crippen LogP contribution in [0.5, 0.6) is 0 Å². The quantitative estimate of drug-likeness (QED) is 0.758. The molecule has 23 heavy (non-hydrogen) atoms. The molecule has 4 nitrogen and oxygen atoms in total. The summed E-state index contributed by atoms with van der Waals surface area (Å²) in [6, 6.07) is 0.156. The van der Waals surface area contributed by atoms with Crippen molar-refractivity contribution in [2.45, 2.75) is 59.3 Å². The average Bonchev–Trinajstić information content (AvgIpc) is 2.53. The van der Waals surface area contributed by atoms with Gasteiger partial charge in [-0.25, -0.2) is 4.79 Å². The fraction of sp³-hybridized carbons (Fsp3) is 0.947. The lowest BCUT2D eigenvalue weighted by Gasteiger charge is -2.35. The third-order valence-corrected chi connectivity index (χ3v) is 5.51. The van der Waals surface area contributed by atoms with Crippen molar-refractivity contribution < 1.29 is 4.79 Å². The summed E-state index contributed by atoms with van der Waals surface area (Å²) >= 11 is 0. The number of amides is 2. The normalized spacial score (nSPS) is 29.5. The maximum Gasteiger partial charge on any atom is 0.317 e. The zero-order valence-corrected chi connectivity index (χ0v) is 15.5. The van der Waals surface area contributed by atoms with Gasteiger partial charge in [-0.3, -0.25) is 0 Å². The molecule has 2 saturated heterocycles. The van der Waals surface area contributed by atoms with Gasteiger partial charge in [0.25, 0.3) is 0 Å². The molecule has 3 unspecified atom stereocenters. The molecule has 0 aliphatic carbocycles. The summed E-state index contributed by atoms with van der Waals surface area (Å²) in [5.41, 5.74) is 0. The summed E-state index contributed by atoms with van der Waals surface area (Å²) in [5, 5.41) is 3.12. The van der Waals surface area contributed by atoms with Gasteiger partial charge in [0.1, 0.15) is 0 Å². The molecular formula is C19H37N3O. The topological polar surface area (TPSA) is 35.6 Å². The molecule has 2 aliphatic heterocycles. The molecule has 2 fully saturated rings. The molecule has 0 aromatic carbocycles. The lowest BCUT2D eigenvalue weighted by atomic mass is 9.92. The highest BCUT2D eigenvalue weighted by Crippen LogP contribution is 2.21. The van der Waals surface area contributed by atoms with Gasteiger partial charge in [-0.1, -0.05) is 27.2 Å². The number of hydrogen-bond acceptors (Lipinski definition) is 2. The molecule has 2 amide bonds. The molecule has 134 valence electrons. The van der Waals surface area contributed by atoms with Crippen LogP contribution in [0.2, 0.25) is 0 Å². The van der Waals surface area contributed by atoms with E-state index in [2.05, 4.69) is 31.0 Å². The Morgan fingerprint density at radius 1 is 1.13 bits per heavy atom. The number of urea groups is 1. The van der Waals surface area contributed by atoms with Crippen LogP contribution in [0.1, 0.15) is 59.3 Å². The zero-order chi connectivity index (χ0) is 16.7. The van der Waals surface area contributed by atoms with Crippen LogP contribution in [0.25, 0.3) is 0 Å². The molecule has 3 atom stereocenters. The first kappa shape index (κ1) is 18.6. The van der Waals surface area contributed by atoms with Crippen LogP contribution in [0, 0.1) is 17.8 Å². The number of likely N-dealkylation sites (tertiary alicyclic amines) is 2. The van der Waals surface area contributed by atoms with Crippen LogP contribution in [0.4, 0.5) is 4.79 Å². The van der Waals surface area contributed by atoms with Crippen molar-refractivity contribution in [1.29, 1.82) is 0 Å². The van der Waals surface area contributed by atoms with E-state index in [1.807, 2.05) is 4.90 Å². The predicted molar refractivity (Wildman–Crippen MR) is 96.6 cm³/mol. The number of hydrogen-bond donors (Lipinski definition) is 1. The summed E-state index contributed by atoms with van der Waals surface area (Å²) < 4.78 is 0. The minimum absolute atomic E-state index is 0.156. The molecule has 1 N–H and O–H groups in total. The van der Waals surface area contributed by atoms with E-state index >= 15 is 0 Å². The van der Waals surface area contributed by atoms with Gasteiger partial charge in [-0.05, 0) is 56.4 Å². The Bertz CT molecular complexity index is 351. The van der Waals surface area contributed by atoms with Crippen LogP contribution >= 0.6 is 0 Å². The second-order valence-electron chi connectivity index (χ2n) is 8.01. The monoisotopic (exact) mass is 323 g/mol. The second-order valence-corrected chi connectivity index (χ2v) is 8.01. The summed E-state index contributed by atoms with van der Waals surface area (Å²) in [7, 11) is 0. The van der Waals surface area contributed by atoms with E-state index in [-0.39, 0.29) is 6.03 Å². The van der Waals surface area contributed by atoms with E-state index in [0.717, 1.165) is 44.3 Å². The first-order valence-electron chi connectivity index (χ1n) is 9.83. The average molecular weight is 324 g/mol. The lowest BCUT2D eigenvalue weighted by Crippen LogP contribution is -2.45. The summed E-state index contributed by atoms with van der Waals surface area (Å²) in [5.74, 6) is 2.38. The highest BCUT2D eigenvalue weighted by atomic mass is 16.2. The Morgan fingerprint density at radius 3 is 2.57 bits per heavy atom. The van der Waals surface area contributed by atoms with Gasteiger partial charge in [0.15, 0.2) is 0 Å². The van der Waals surface area contributed by atoms with E-state index < -0.39 is 0 Å². The molecule has 2 aliphatic rings. The maximum absolute atomic E-state index is 12.2. The van der Waals surface area contributed by atoms with Crippen molar-refractivity contribution in [1.82, 2.24) is 15.1 Å². The molecular weight excluding hydrogens is 286 g/mol. The molecule has 0 aromatic heterocycles. The molecule has 0 radical (unpaired) electrons. The van der Waals surface area contributed by atoms with Gasteiger partial charge in [-0.2, -0.15) is 0 Å². The number of nitrogens with one attached hydrogen (secondary N) is 1. The van der Waals surface area contributed by atoms with Crippen LogP contribution in [0.3, 0.4) is 0 Å². The summed E-state index contributed by atoms with van der Waals surface area (Å²) in [4.78, 5) is 16.8. The molecule has 0 saturated carbocycles. The summed E-state index contributed by atoms with van der Waals surface area (Å²) in [6.07, 6.45) is 7.30. The van der Waals surface area contributed by atoms with Crippen molar-refractivity contribution in [3.05, 3.63) is 0 Å². The zero-order valence-electron chi connectivity index (χ0n) is 15.5. The van der Waals surface area contributed by atoms with Crippen LogP contribution < -0.4 is 5.32 Å². The van der Waals surface area contributed by atoms with E-state index in [9.17, 15) is 4.79 Å². The highest BCUT2D eigenvalue weighted by Gasteiger charge is 2.22. The van der Waals surface area contributed by atoms with Gasteiger partial charge in [0, 0.05) is 32.7 Å². The van der Waals surface area contributed by atoms with Crippen LogP contribution in [0.15, 0.2) is 0 Å². The van der Waals surface area contributed by atoms with E-state index in [0.29, 0.717) is 5.92 Å². The van der Waals surface area contributed by atoms with Gasteiger partial charge >= 0.3 is 6.03 Å².